The minimum Gasteiger partial charge on any atom is -0.376 e. The van der Waals surface area contributed by atoms with Crippen molar-refractivity contribution in [2.24, 2.45) is 23.7 Å². The standard InChI is InChI=1S/C30H58O2/c1-29(2,3)31-21-13-9-7-11-15-25-17-19-27(23-25)28-20-18-26(24-28)16-12-8-10-14-22-32-30(4,5)6/h25-28H,7-24H2,1-6H3. The van der Waals surface area contributed by atoms with Crippen LogP contribution in [0.25, 0.3) is 0 Å². The fourth-order valence-corrected chi connectivity index (χ4v) is 6.14. The van der Waals surface area contributed by atoms with Crippen molar-refractivity contribution >= 4 is 0 Å². The first-order valence-electron chi connectivity index (χ1n) is 14.4. The van der Waals surface area contributed by atoms with Gasteiger partial charge in [0.15, 0.2) is 0 Å². The summed E-state index contributed by atoms with van der Waals surface area (Å²) in [6.07, 6.45) is 23.1. The first kappa shape index (κ1) is 28.2. The van der Waals surface area contributed by atoms with Gasteiger partial charge in [-0.05, 0) is 104 Å². The van der Waals surface area contributed by atoms with Crippen molar-refractivity contribution in [3.05, 3.63) is 0 Å². The molecule has 4 atom stereocenters. The molecule has 2 saturated carbocycles. The van der Waals surface area contributed by atoms with Gasteiger partial charge in [-0.25, -0.2) is 0 Å². The number of rotatable bonds is 15. The van der Waals surface area contributed by atoms with Gasteiger partial charge in [-0.2, -0.15) is 0 Å². The summed E-state index contributed by atoms with van der Waals surface area (Å²) in [5.41, 5.74) is 0.0545. The van der Waals surface area contributed by atoms with E-state index in [1.807, 2.05) is 0 Å². The third-order valence-electron chi connectivity index (χ3n) is 7.91. The predicted octanol–water partition coefficient (Wildman–Crippen LogP) is 9.35. The maximum absolute atomic E-state index is 5.84. The molecule has 0 amide bonds. The molecule has 0 bridgehead atoms. The van der Waals surface area contributed by atoms with Crippen molar-refractivity contribution in [2.75, 3.05) is 13.2 Å². The molecule has 0 N–H and O–H groups in total. The van der Waals surface area contributed by atoms with Gasteiger partial charge in [-0.1, -0.05) is 64.2 Å². The highest BCUT2D eigenvalue weighted by Crippen LogP contribution is 2.46. The second-order valence-electron chi connectivity index (χ2n) is 13.2. The van der Waals surface area contributed by atoms with Gasteiger partial charge in [0.1, 0.15) is 0 Å². The molecule has 0 saturated heterocycles. The zero-order valence-electron chi connectivity index (χ0n) is 22.9. The number of hydrogen-bond acceptors (Lipinski definition) is 2. The molecule has 190 valence electrons. The fourth-order valence-electron chi connectivity index (χ4n) is 6.14. The summed E-state index contributed by atoms with van der Waals surface area (Å²) in [4.78, 5) is 0. The van der Waals surface area contributed by atoms with E-state index in [-0.39, 0.29) is 11.2 Å². The van der Waals surface area contributed by atoms with Crippen LogP contribution >= 0.6 is 0 Å². The summed E-state index contributed by atoms with van der Waals surface area (Å²) >= 11 is 0. The van der Waals surface area contributed by atoms with E-state index >= 15 is 0 Å². The first-order valence-corrected chi connectivity index (χ1v) is 14.4. The van der Waals surface area contributed by atoms with Crippen LogP contribution in [0.1, 0.15) is 144 Å². The third kappa shape index (κ3) is 13.0. The lowest BCUT2D eigenvalue weighted by atomic mass is 9.86. The van der Waals surface area contributed by atoms with Crippen LogP contribution < -0.4 is 0 Å². The molecule has 32 heavy (non-hydrogen) atoms. The van der Waals surface area contributed by atoms with E-state index in [1.54, 1.807) is 12.8 Å². The molecule has 0 heterocycles. The molecule has 2 rings (SSSR count). The first-order chi connectivity index (χ1) is 15.1. The maximum atomic E-state index is 5.84. The Morgan fingerprint density at radius 2 is 0.875 bits per heavy atom. The molecule has 2 fully saturated rings. The van der Waals surface area contributed by atoms with Gasteiger partial charge in [0.25, 0.3) is 0 Å². The van der Waals surface area contributed by atoms with Crippen molar-refractivity contribution in [3.8, 4) is 0 Å². The van der Waals surface area contributed by atoms with Gasteiger partial charge >= 0.3 is 0 Å². The Hall–Kier alpha value is -0.0800. The number of unbranched alkanes of at least 4 members (excludes halogenated alkanes) is 6. The van der Waals surface area contributed by atoms with Crippen molar-refractivity contribution < 1.29 is 9.47 Å². The highest BCUT2D eigenvalue weighted by molar-refractivity contribution is 4.86. The zero-order valence-corrected chi connectivity index (χ0v) is 22.9. The van der Waals surface area contributed by atoms with Crippen molar-refractivity contribution in [2.45, 2.75) is 155 Å². The highest BCUT2D eigenvalue weighted by Gasteiger charge is 2.35. The van der Waals surface area contributed by atoms with Gasteiger partial charge in [-0.3, -0.25) is 0 Å². The lowest BCUT2D eigenvalue weighted by molar-refractivity contribution is -0.00513. The molecule has 0 spiro atoms. The molecule has 0 aromatic heterocycles. The SMILES string of the molecule is CC(C)(C)OCCCCCCC1CCC(C2CCC(CCCCCCOC(C)(C)C)C2)C1. The van der Waals surface area contributed by atoms with E-state index in [9.17, 15) is 0 Å². The Morgan fingerprint density at radius 3 is 1.25 bits per heavy atom. The number of hydrogen-bond donors (Lipinski definition) is 0. The van der Waals surface area contributed by atoms with Crippen molar-refractivity contribution in [3.63, 3.8) is 0 Å². The fraction of sp³-hybridized carbons (Fsp3) is 1.00. The summed E-state index contributed by atoms with van der Waals surface area (Å²) in [7, 11) is 0. The molecular weight excluding hydrogens is 392 g/mol. The molecular formula is C30H58O2. The quantitative estimate of drug-likeness (QED) is 0.231. The Morgan fingerprint density at radius 1 is 0.500 bits per heavy atom. The molecule has 0 radical (unpaired) electrons. The molecule has 0 aromatic rings. The van der Waals surface area contributed by atoms with Crippen LogP contribution in [0, 0.1) is 23.7 Å². The molecule has 0 aliphatic heterocycles. The average molecular weight is 451 g/mol. The van der Waals surface area contributed by atoms with Gasteiger partial charge in [0, 0.05) is 13.2 Å². The van der Waals surface area contributed by atoms with E-state index in [0.29, 0.717) is 0 Å². The van der Waals surface area contributed by atoms with E-state index < -0.39 is 0 Å². The minimum atomic E-state index is 0.0272. The van der Waals surface area contributed by atoms with Gasteiger partial charge in [0.2, 0.25) is 0 Å². The van der Waals surface area contributed by atoms with Crippen LogP contribution in [0.15, 0.2) is 0 Å². The predicted molar refractivity (Wildman–Crippen MR) is 139 cm³/mol. The van der Waals surface area contributed by atoms with Gasteiger partial charge < -0.3 is 9.47 Å². The molecule has 2 aliphatic rings. The Balaban J connectivity index is 1.45. The van der Waals surface area contributed by atoms with Crippen LogP contribution in [-0.4, -0.2) is 24.4 Å². The monoisotopic (exact) mass is 450 g/mol. The van der Waals surface area contributed by atoms with Crippen LogP contribution in [0.4, 0.5) is 0 Å². The molecule has 2 nitrogen and oxygen atoms in total. The Bertz CT molecular complexity index is 428. The van der Waals surface area contributed by atoms with Gasteiger partial charge in [-0.15, -0.1) is 0 Å². The summed E-state index contributed by atoms with van der Waals surface area (Å²) in [5.74, 6) is 4.22. The molecule has 2 heteroatoms. The topological polar surface area (TPSA) is 18.5 Å². The Labute approximate surface area is 202 Å². The third-order valence-corrected chi connectivity index (χ3v) is 7.91. The normalized spacial score (nSPS) is 26.8. The van der Waals surface area contributed by atoms with Crippen LogP contribution in [-0.2, 0) is 9.47 Å². The largest absolute Gasteiger partial charge is 0.376 e. The lowest BCUT2D eigenvalue weighted by Crippen LogP contribution is -2.19. The van der Waals surface area contributed by atoms with Crippen molar-refractivity contribution in [1.82, 2.24) is 0 Å². The molecule has 2 aliphatic carbocycles. The molecule has 4 unspecified atom stereocenters. The second-order valence-corrected chi connectivity index (χ2v) is 13.2. The smallest absolute Gasteiger partial charge is 0.0598 e. The van der Waals surface area contributed by atoms with Crippen LogP contribution in [0.2, 0.25) is 0 Å². The van der Waals surface area contributed by atoms with E-state index in [1.165, 1.54) is 89.9 Å². The zero-order chi connectivity index (χ0) is 23.5. The van der Waals surface area contributed by atoms with Crippen molar-refractivity contribution in [1.29, 1.82) is 0 Å². The summed E-state index contributed by atoms with van der Waals surface area (Å²) in [5, 5.41) is 0. The highest BCUT2D eigenvalue weighted by atomic mass is 16.5. The minimum absolute atomic E-state index is 0.0272. The summed E-state index contributed by atoms with van der Waals surface area (Å²) in [6.45, 7) is 14.8. The Kier molecular flexibility index (Phi) is 12.6. The molecule has 0 aromatic carbocycles. The number of ether oxygens (including phenoxy) is 2. The average Bonchev–Trinajstić information content (AvgIpc) is 3.34. The summed E-state index contributed by atoms with van der Waals surface area (Å²) < 4.78 is 11.7. The van der Waals surface area contributed by atoms with Gasteiger partial charge in [0.05, 0.1) is 11.2 Å². The second kappa shape index (κ2) is 14.3. The van der Waals surface area contributed by atoms with Crippen LogP contribution in [0.5, 0.6) is 0 Å². The lowest BCUT2D eigenvalue weighted by Gasteiger charge is -2.20. The van der Waals surface area contributed by atoms with E-state index in [0.717, 1.165) is 36.9 Å². The summed E-state index contributed by atoms with van der Waals surface area (Å²) in [6, 6.07) is 0. The maximum Gasteiger partial charge on any atom is 0.0598 e. The van der Waals surface area contributed by atoms with E-state index in [2.05, 4.69) is 41.5 Å². The van der Waals surface area contributed by atoms with Crippen LogP contribution in [0.3, 0.4) is 0 Å². The van der Waals surface area contributed by atoms with E-state index in [4.69, 9.17) is 9.47 Å².